The van der Waals surface area contributed by atoms with Gasteiger partial charge in [0.25, 0.3) is 0 Å². The first kappa shape index (κ1) is 35.6. The highest BCUT2D eigenvalue weighted by atomic mass is 79.9. The van der Waals surface area contributed by atoms with E-state index in [0.29, 0.717) is 44.3 Å². The molecule has 3 heterocycles. The Labute approximate surface area is 294 Å². The number of alkyl halides is 3. The van der Waals surface area contributed by atoms with Gasteiger partial charge in [-0.05, 0) is 58.5 Å². The van der Waals surface area contributed by atoms with Crippen LogP contribution in [0.5, 0.6) is 5.75 Å². The van der Waals surface area contributed by atoms with Crippen LogP contribution in [0.25, 0.3) is 11.1 Å². The molecule has 13 nitrogen and oxygen atoms in total. The molecular formula is C32H35BrF3N8O5P. The molecule has 2 N–H and O–H groups in total. The van der Waals surface area contributed by atoms with Gasteiger partial charge in [-0.3, -0.25) is 14.0 Å². The number of amides is 1. The van der Waals surface area contributed by atoms with Gasteiger partial charge in [-0.1, -0.05) is 6.07 Å². The Morgan fingerprint density at radius 2 is 1.72 bits per heavy atom. The van der Waals surface area contributed by atoms with Crippen molar-refractivity contribution >= 4 is 63.6 Å². The van der Waals surface area contributed by atoms with E-state index in [4.69, 9.17) is 13.8 Å². The van der Waals surface area contributed by atoms with Crippen molar-refractivity contribution in [3.8, 4) is 16.9 Å². The lowest BCUT2D eigenvalue weighted by molar-refractivity contribution is -0.185. The van der Waals surface area contributed by atoms with E-state index in [9.17, 15) is 22.5 Å². The monoisotopic (exact) mass is 778 g/mol. The largest absolute Gasteiger partial charge is 0.494 e. The highest BCUT2D eigenvalue weighted by Crippen LogP contribution is 2.50. The van der Waals surface area contributed by atoms with Crippen LogP contribution in [0.15, 0.2) is 53.4 Å². The first-order chi connectivity index (χ1) is 23.8. The van der Waals surface area contributed by atoms with Crippen LogP contribution in [0.1, 0.15) is 24.3 Å². The molecule has 50 heavy (non-hydrogen) atoms. The van der Waals surface area contributed by atoms with E-state index in [1.165, 1.54) is 21.3 Å². The molecule has 1 amide bonds. The molecule has 1 saturated heterocycles. The Bertz CT molecular complexity index is 1940. The maximum Gasteiger partial charge on any atom is 0.471 e. The minimum atomic E-state index is -4.93. The Morgan fingerprint density at radius 1 is 1.00 bits per heavy atom. The number of piperazine rings is 1. The van der Waals surface area contributed by atoms with E-state index in [2.05, 4.69) is 41.6 Å². The predicted molar refractivity (Wildman–Crippen MR) is 186 cm³/mol. The van der Waals surface area contributed by atoms with Crippen LogP contribution in [0.2, 0.25) is 0 Å². The Kier molecular flexibility index (Phi) is 10.1. The Balaban J connectivity index is 1.31. The quantitative estimate of drug-likeness (QED) is 0.165. The van der Waals surface area contributed by atoms with Crippen LogP contribution in [0.3, 0.4) is 0 Å². The number of hydrogen-bond donors (Lipinski definition) is 2. The topological polar surface area (TPSA) is 136 Å². The zero-order chi connectivity index (χ0) is 35.8. The van der Waals surface area contributed by atoms with Gasteiger partial charge in [0.2, 0.25) is 5.95 Å². The molecule has 2 aromatic carbocycles. The lowest BCUT2D eigenvalue weighted by atomic mass is 10.0. The number of aromatic nitrogens is 4. The summed E-state index contributed by atoms with van der Waals surface area (Å²) in [5.74, 6) is -0.441. The third-order valence-corrected chi connectivity index (χ3v) is 11.1. The van der Waals surface area contributed by atoms with Crippen molar-refractivity contribution in [2.75, 3.05) is 63.0 Å². The summed E-state index contributed by atoms with van der Waals surface area (Å²) in [6, 6.07) is 9.27. The van der Waals surface area contributed by atoms with Gasteiger partial charge < -0.3 is 34.2 Å². The number of halogens is 4. The molecule has 6 rings (SSSR count). The molecule has 2 fully saturated rings. The third kappa shape index (κ3) is 7.45. The Morgan fingerprint density at radius 3 is 2.32 bits per heavy atom. The summed E-state index contributed by atoms with van der Waals surface area (Å²) >= 11 is 3.51. The van der Waals surface area contributed by atoms with E-state index in [1.54, 1.807) is 30.2 Å². The second-order valence-electron chi connectivity index (χ2n) is 11.8. The second-order valence-corrected chi connectivity index (χ2v) is 14.9. The van der Waals surface area contributed by atoms with Crippen molar-refractivity contribution in [3.63, 3.8) is 0 Å². The molecule has 1 saturated carbocycles. The van der Waals surface area contributed by atoms with E-state index in [0.717, 1.165) is 34.4 Å². The number of nitrogens with zero attached hydrogens (tertiary/aromatic N) is 6. The summed E-state index contributed by atoms with van der Waals surface area (Å²) in [6.45, 7) is 0.174. The summed E-state index contributed by atoms with van der Waals surface area (Å²) in [6.07, 6.45) is 2.27. The molecule has 18 heteroatoms. The van der Waals surface area contributed by atoms with Crippen LogP contribution in [-0.2, 0) is 25.5 Å². The average molecular weight is 780 g/mol. The highest BCUT2D eigenvalue weighted by Gasteiger charge is 2.43. The van der Waals surface area contributed by atoms with Gasteiger partial charge in [0.05, 0.1) is 34.5 Å². The van der Waals surface area contributed by atoms with Crippen molar-refractivity contribution in [2.24, 2.45) is 7.05 Å². The van der Waals surface area contributed by atoms with E-state index >= 15 is 0 Å². The molecule has 2 aliphatic rings. The molecule has 1 aliphatic heterocycles. The second kappa shape index (κ2) is 14.2. The number of nitrogens with one attached hydrogen (secondary N) is 2. The van der Waals surface area contributed by atoms with Gasteiger partial charge >= 0.3 is 19.7 Å². The third-order valence-electron chi connectivity index (χ3n) is 8.57. The number of anilines is 5. The number of ether oxygens (including phenoxy) is 1. The molecule has 1 aliphatic carbocycles. The molecule has 0 spiro atoms. The van der Waals surface area contributed by atoms with Crippen LogP contribution in [0.4, 0.5) is 42.0 Å². The smallest absolute Gasteiger partial charge is 0.471 e. The molecule has 266 valence electrons. The SMILES string of the molecule is COc1cc(N2CCN(C(=O)C(F)(F)F)CC2)c(-c2cnn(C)c2)cc1Nc1ncc(Br)c(Nc2ccc(C3CC3)cc2P(=O)(OC)OC)n1. The fourth-order valence-corrected chi connectivity index (χ4v) is 7.37. The molecule has 0 unspecified atom stereocenters. The van der Waals surface area contributed by atoms with Crippen LogP contribution >= 0.6 is 23.5 Å². The van der Waals surface area contributed by atoms with E-state index in [-0.39, 0.29) is 32.1 Å². The van der Waals surface area contributed by atoms with Gasteiger partial charge in [-0.15, -0.1) is 0 Å². The zero-order valence-corrected chi connectivity index (χ0v) is 30.1. The van der Waals surface area contributed by atoms with Crippen LogP contribution in [-0.4, -0.2) is 84.2 Å². The van der Waals surface area contributed by atoms with Gasteiger partial charge in [-0.2, -0.15) is 23.3 Å². The van der Waals surface area contributed by atoms with E-state index in [1.807, 2.05) is 35.4 Å². The van der Waals surface area contributed by atoms with Crippen molar-refractivity contribution in [1.82, 2.24) is 24.6 Å². The van der Waals surface area contributed by atoms with Gasteiger partial charge in [0.1, 0.15) is 11.6 Å². The number of benzene rings is 2. The molecule has 0 bridgehead atoms. The normalized spacial score (nSPS) is 15.3. The summed E-state index contributed by atoms with van der Waals surface area (Å²) in [7, 11) is 2.32. The number of hydrogen-bond acceptors (Lipinski definition) is 11. The molecule has 0 atom stereocenters. The van der Waals surface area contributed by atoms with Crippen molar-refractivity contribution in [2.45, 2.75) is 24.9 Å². The lowest BCUT2D eigenvalue weighted by Gasteiger charge is -2.37. The minimum Gasteiger partial charge on any atom is -0.494 e. The summed E-state index contributed by atoms with van der Waals surface area (Å²) in [4.78, 5) is 23.7. The molecule has 0 radical (unpaired) electrons. The van der Waals surface area contributed by atoms with Crippen molar-refractivity contribution in [3.05, 3.63) is 59.0 Å². The average Bonchev–Trinajstić information content (AvgIpc) is 3.88. The standard InChI is InChI=1S/C32H35BrF3N8O5P/c1-42-18-21(16-38-42)22-14-25(27(47-2)15-26(22)43-9-11-44(12-10-43)30(45)32(34,35)36)40-31-37-17-23(33)29(41-31)39-24-8-7-20(19-5-6-19)13-28(24)50(46,48-3)49-4/h7-8,13-19H,5-6,9-12H2,1-4H3,(H2,37,39,40,41). The van der Waals surface area contributed by atoms with Crippen molar-refractivity contribution in [1.29, 1.82) is 0 Å². The Hall–Kier alpha value is -4.18. The van der Waals surface area contributed by atoms with Gasteiger partial charge in [0, 0.05) is 82.7 Å². The summed E-state index contributed by atoms with van der Waals surface area (Å²) in [5, 5.41) is 11.2. The fourth-order valence-electron chi connectivity index (χ4n) is 5.80. The maximum absolute atomic E-state index is 13.6. The van der Waals surface area contributed by atoms with E-state index < -0.39 is 19.7 Å². The lowest BCUT2D eigenvalue weighted by Crippen LogP contribution is -2.52. The first-order valence-electron chi connectivity index (χ1n) is 15.6. The predicted octanol–water partition coefficient (Wildman–Crippen LogP) is 6.33. The highest BCUT2D eigenvalue weighted by molar-refractivity contribution is 9.10. The number of aryl methyl sites for hydroxylation is 1. The maximum atomic E-state index is 13.6. The van der Waals surface area contributed by atoms with Crippen molar-refractivity contribution < 1.29 is 36.3 Å². The summed E-state index contributed by atoms with van der Waals surface area (Å²) in [5.41, 5.74) is 4.23. The molecule has 2 aromatic heterocycles. The van der Waals surface area contributed by atoms with Gasteiger partial charge in [0.15, 0.2) is 0 Å². The number of carbonyl (C=O) groups is 1. The number of carbonyl (C=O) groups excluding carboxylic acids is 1. The van der Waals surface area contributed by atoms with Crippen LogP contribution in [0, 0.1) is 0 Å². The summed E-state index contributed by atoms with van der Waals surface area (Å²) < 4.78 is 71.4. The van der Waals surface area contributed by atoms with Crippen LogP contribution < -0.4 is 25.6 Å². The molecule has 4 aromatic rings. The molecular weight excluding hydrogens is 744 g/mol. The first-order valence-corrected chi connectivity index (χ1v) is 17.9. The number of methoxy groups -OCH3 is 1. The number of rotatable bonds is 11. The van der Waals surface area contributed by atoms with Gasteiger partial charge in [-0.25, -0.2) is 4.98 Å². The fraction of sp³-hybridized carbons (Fsp3) is 0.375. The zero-order valence-electron chi connectivity index (χ0n) is 27.6. The minimum absolute atomic E-state index is 0.0924.